The summed E-state index contributed by atoms with van der Waals surface area (Å²) in [6.07, 6.45) is 1.41. The van der Waals surface area contributed by atoms with Crippen LogP contribution < -0.4 is 10.3 Å². The molecule has 0 amide bonds. The number of anilines is 2. The summed E-state index contributed by atoms with van der Waals surface area (Å²) in [4.78, 5) is 21.5. The first kappa shape index (κ1) is 16.8. The number of hydrogen-bond donors (Lipinski definition) is 1. The number of nitrogens with zero attached hydrogens (tertiary/aromatic N) is 5. The third-order valence-electron chi connectivity index (χ3n) is 3.65. The van der Waals surface area contributed by atoms with Gasteiger partial charge in [0.15, 0.2) is 5.82 Å². The first-order valence-electron chi connectivity index (χ1n) is 7.84. The molecule has 9 heteroatoms. The smallest absolute Gasteiger partial charge is 0.278 e. The van der Waals surface area contributed by atoms with Gasteiger partial charge in [-0.1, -0.05) is 12.1 Å². The largest absolute Gasteiger partial charge is 0.378 e. The molecule has 0 bridgehead atoms. The number of hydrazone groups is 1. The molecular formula is C16H18N6O3. The minimum Gasteiger partial charge on any atom is -0.378 e. The molecule has 0 spiro atoms. The molecule has 1 aromatic heterocycles. The highest BCUT2D eigenvalue weighted by molar-refractivity contribution is 5.85. The molecule has 1 fully saturated rings. The van der Waals surface area contributed by atoms with Crippen molar-refractivity contribution in [1.29, 1.82) is 0 Å². The van der Waals surface area contributed by atoms with Crippen LogP contribution in [0.5, 0.6) is 0 Å². The minimum atomic E-state index is -0.438. The molecule has 1 saturated heterocycles. The number of nitrogens with one attached hydrogen (secondary N) is 1. The van der Waals surface area contributed by atoms with Gasteiger partial charge in [-0.15, -0.1) is 0 Å². The van der Waals surface area contributed by atoms with Gasteiger partial charge in [0.2, 0.25) is 5.95 Å². The number of nitro benzene ring substituents is 1. The zero-order valence-electron chi connectivity index (χ0n) is 13.8. The van der Waals surface area contributed by atoms with E-state index in [2.05, 4.69) is 20.5 Å². The van der Waals surface area contributed by atoms with Crippen molar-refractivity contribution in [2.24, 2.45) is 5.10 Å². The van der Waals surface area contributed by atoms with Crippen molar-refractivity contribution < 1.29 is 9.66 Å². The van der Waals surface area contributed by atoms with E-state index in [-0.39, 0.29) is 5.69 Å². The molecule has 9 nitrogen and oxygen atoms in total. The second kappa shape index (κ2) is 7.67. The fourth-order valence-corrected chi connectivity index (χ4v) is 2.45. The molecule has 0 unspecified atom stereocenters. The van der Waals surface area contributed by atoms with Crippen LogP contribution in [0.25, 0.3) is 0 Å². The number of morpholine rings is 1. The van der Waals surface area contributed by atoms with Crippen LogP contribution in [0.4, 0.5) is 17.5 Å². The SMILES string of the molecule is Cc1cc(N/N=C/c2ccccc2[N+](=O)[O-])nc(N2CCOCC2)n1. The Bertz CT molecular complexity index is 789. The lowest BCUT2D eigenvalue weighted by molar-refractivity contribution is -0.385. The molecule has 130 valence electrons. The Kier molecular flexibility index (Phi) is 5.14. The Morgan fingerprint density at radius 2 is 2.08 bits per heavy atom. The van der Waals surface area contributed by atoms with Crippen LogP contribution in [0.2, 0.25) is 0 Å². The van der Waals surface area contributed by atoms with Gasteiger partial charge in [-0.2, -0.15) is 10.1 Å². The molecule has 2 aromatic rings. The van der Waals surface area contributed by atoms with E-state index in [0.717, 1.165) is 18.8 Å². The Hall–Kier alpha value is -3.07. The van der Waals surface area contributed by atoms with Gasteiger partial charge in [0.25, 0.3) is 5.69 Å². The molecule has 3 rings (SSSR count). The van der Waals surface area contributed by atoms with Gasteiger partial charge in [0, 0.05) is 30.9 Å². The summed E-state index contributed by atoms with van der Waals surface area (Å²) in [5.41, 5.74) is 4.04. The molecule has 0 saturated carbocycles. The highest BCUT2D eigenvalue weighted by Gasteiger charge is 2.15. The molecular weight excluding hydrogens is 324 g/mol. The van der Waals surface area contributed by atoms with Gasteiger partial charge in [0.1, 0.15) is 0 Å². The van der Waals surface area contributed by atoms with Crippen LogP contribution in [0, 0.1) is 17.0 Å². The van der Waals surface area contributed by atoms with Gasteiger partial charge >= 0.3 is 0 Å². The van der Waals surface area contributed by atoms with Crippen molar-refractivity contribution in [3.05, 3.63) is 51.7 Å². The van der Waals surface area contributed by atoms with Crippen molar-refractivity contribution in [3.63, 3.8) is 0 Å². The van der Waals surface area contributed by atoms with Crippen LogP contribution >= 0.6 is 0 Å². The first-order valence-corrected chi connectivity index (χ1v) is 7.84. The third-order valence-corrected chi connectivity index (χ3v) is 3.65. The summed E-state index contributed by atoms with van der Waals surface area (Å²) in [6.45, 7) is 4.65. The molecule has 1 aliphatic heterocycles. The molecule has 1 N–H and O–H groups in total. The summed E-state index contributed by atoms with van der Waals surface area (Å²) in [5.74, 6) is 1.15. The standard InChI is InChI=1S/C16H18N6O3/c1-12-10-15(19-16(18-12)21-6-8-25-9-7-21)20-17-11-13-4-2-3-5-14(13)22(23)24/h2-5,10-11H,6-9H2,1H3,(H,18,19,20)/b17-11+. The lowest BCUT2D eigenvalue weighted by Gasteiger charge is -2.27. The maximum Gasteiger partial charge on any atom is 0.278 e. The van der Waals surface area contributed by atoms with Gasteiger partial charge in [-0.25, -0.2) is 4.98 Å². The van der Waals surface area contributed by atoms with Gasteiger partial charge in [0.05, 0.1) is 29.9 Å². The van der Waals surface area contributed by atoms with Crippen LogP contribution in [0.15, 0.2) is 35.4 Å². The zero-order chi connectivity index (χ0) is 17.6. The van der Waals surface area contributed by atoms with Gasteiger partial charge < -0.3 is 9.64 Å². The summed E-state index contributed by atoms with van der Waals surface area (Å²) < 4.78 is 5.33. The van der Waals surface area contributed by atoms with Crippen molar-refractivity contribution in [3.8, 4) is 0 Å². The first-order chi connectivity index (χ1) is 12.1. The topological polar surface area (TPSA) is 106 Å². The predicted molar refractivity (Wildman–Crippen MR) is 94.1 cm³/mol. The molecule has 25 heavy (non-hydrogen) atoms. The summed E-state index contributed by atoms with van der Waals surface area (Å²) >= 11 is 0. The van der Waals surface area contributed by atoms with E-state index < -0.39 is 4.92 Å². The van der Waals surface area contributed by atoms with Gasteiger partial charge in [-0.05, 0) is 13.0 Å². The van der Waals surface area contributed by atoms with Crippen molar-refractivity contribution in [2.45, 2.75) is 6.92 Å². The number of aryl methyl sites for hydroxylation is 1. The minimum absolute atomic E-state index is 0.000855. The van der Waals surface area contributed by atoms with E-state index in [1.54, 1.807) is 24.3 Å². The summed E-state index contributed by atoms with van der Waals surface area (Å²) in [6, 6.07) is 8.17. The fraction of sp³-hybridized carbons (Fsp3) is 0.312. The number of ether oxygens (including phenoxy) is 1. The normalized spacial score (nSPS) is 14.7. The van der Waals surface area contributed by atoms with E-state index in [0.29, 0.717) is 30.5 Å². The van der Waals surface area contributed by atoms with Crippen molar-refractivity contribution >= 4 is 23.7 Å². The predicted octanol–water partition coefficient (Wildman–Crippen LogP) is 1.98. The highest BCUT2D eigenvalue weighted by Crippen LogP contribution is 2.17. The lowest BCUT2D eigenvalue weighted by Crippen LogP contribution is -2.37. The number of hydrogen-bond acceptors (Lipinski definition) is 8. The molecule has 2 heterocycles. The Labute approximate surface area is 144 Å². The summed E-state index contributed by atoms with van der Waals surface area (Å²) in [5, 5.41) is 15.1. The molecule has 0 aliphatic carbocycles. The van der Waals surface area contributed by atoms with E-state index >= 15 is 0 Å². The number of aromatic nitrogens is 2. The van der Waals surface area contributed by atoms with E-state index in [1.165, 1.54) is 12.3 Å². The zero-order valence-corrected chi connectivity index (χ0v) is 13.8. The number of nitro groups is 1. The maximum atomic E-state index is 11.0. The number of rotatable bonds is 5. The van der Waals surface area contributed by atoms with Crippen LogP contribution in [-0.2, 0) is 4.74 Å². The summed E-state index contributed by atoms with van der Waals surface area (Å²) in [7, 11) is 0. The second-order valence-corrected chi connectivity index (χ2v) is 5.48. The molecule has 0 radical (unpaired) electrons. The Morgan fingerprint density at radius 3 is 2.84 bits per heavy atom. The molecule has 1 aliphatic rings. The Balaban J connectivity index is 1.75. The van der Waals surface area contributed by atoms with Gasteiger partial charge in [-0.3, -0.25) is 15.5 Å². The lowest BCUT2D eigenvalue weighted by atomic mass is 10.2. The van der Waals surface area contributed by atoms with E-state index in [1.807, 2.05) is 11.8 Å². The average molecular weight is 342 g/mol. The number of para-hydroxylation sites is 1. The maximum absolute atomic E-state index is 11.0. The van der Waals surface area contributed by atoms with Crippen molar-refractivity contribution in [1.82, 2.24) is 9.97 Å². The van der Waals surface area contributed by atoms with Crippen molar-refractivity contribution in [2.75, 3.05) is 36.6 Å². The second-order valence-electron chi connectivity index (χ2n) is 5.48. The van der Waals surface area contributed by atoms with Crippen LogP contribution in [0.3, 0.4) is 0 Å². The third kappa shape index (κ3) is 4.27. The number of benzene rings is 1. The average Bonchev–Trinajstić information content (AvgIpc) is 2.62. The molecule has 1 aromatic carbocycles. The fourth-order valence-electron chi connectivity index (χ4n) is 2.45. The monoisotopic (exact) mass is 342 g/mol. The van der Waals surface area contributed by atoms with Crippen LogP contribution in [0.1, 0.15) is 11.3 Å². The quantitative estimate of drug-likeness (QED) is 0.503. The Morgan fingerprint density at radius 1 is 1.32 bits per heavy atom. The molecule has 0 atom stereocenters. The van der Waals surface area contributed by atoms with E-state index in [4.69, 9.17) is 4.74 Å². The highest BCUT2D eigenvalue weighted by atomic mass is 16.6. The van der Waals surface area contributed by atoms with Crippen LogP contribution in [-0.4, -0.2) is 47.4 Å². The van der Waals surface area contributed by atoms with E-state index in [9.17, 15) is 10.1 Å².